The minimum Gasteiger partial charge on any atom is -0.481 e. The summed E-state index contributed by atoms with van der Waals surface area (Å²) in [5.41, 5.74) is 1.43. The first-order valence-electron chi connectivity index (χ1n) is 7.71. The van der Waals surface area contributed by atoms with Crippen LogP contribution in [0, 0.1) is 18.7 Å². The second kappa shape index (κ2) is 8.06. The third-order valence-electron chi connectivity index (χ3n) is 3.70. The maximum absolute atomic E-state index is 13.6. The molecular formula is C17H20FN3O3S. The van der Waals surface area contributed by atoms with Crippen molar-refractivity contribution in [2.24, 2.45) is 5.92 Å². The van der Waals surface area contributed by atoms with Crippen LogP contribution in [0.4, 0.5) is 14.3 Å². The molecule has 0 fully saturated rings. The zero-order valence-corrected chi connectivity index (χ0v) is 15.1. The Bertz CT molecular complexity index is 778. The Morgan fingerprint density at radius 1 is 1.44 bits per heavy atom. The van der Waals surface area contributed by atoms with Crippen LogP contribution in [0.5, 0.6) is 0 Å². The predicted molar refractivity (Wildman–Crippen MR) is 94.5 cm³/mol. The number of aliphatic carboxylic acids is 1. The molecule has 2 amide bonds. The molecule has 6 nitrogen and oxygen atoms in total. The van der Waals surface area contributed by atoms with Gasteiger partial charge in [0.2, 0.25) is 0 Å². The van der Waals surface area contributed by atoms with Crippen LogP contribution in [0.2, 0.25) is 0 Å². The van der Waals surface area contributed by atoms with Gasteiger partial charge in [-0.1, -0.05) is 19.1 Å². The number of hydrogen-bond acceptors (Lipinski definition) is 4. The Hall–Kier alpha value is -2.48. The molecule has 1 unspecified atom stereocenters. The highest BCUT2D eigenvalue weighted by atomic mass is 32.1. The van der Waals surface area contributed by atoms with Crippen LogP contribution in [0.15, 0.2) is 24.4 Å². The first-order valence-corrected chi connectivity index (χ1v) is 8.52. The van der Waals surface area contributed by atoms with Gasteiger partial charge >= 0.3 is 12.0 Å². The summed E-state index contributed by atoms with van der Waals surface area (Å²) in [6, 6.07) is 4.66. The number of aryl methyl sites for hydroxylation is 1. The number of carbonyl (C=O) groups is 2. The van der Waals surface area contributed by atoms with E-state index in [-0.39, 0.29) is 12.4 Å². The van der Waals surface area contributed by atoms with Crippen molar-refractivity contribution in [3.8, 4) is 0 Å². The molecule has 0 saturated carbocycles. The lowest BCUT2D eigenvalue weighted by molar-refractivity contribution is -0.141. The highest BCUT2D eigenvalue weighted by molar-refractivity contribution is 7.15. The van der Waals surface area contributed by atoms with E-state index in [1.165, 1.54) is 36.3 Å². The van der Waals surface area contributed by atoms with Gasteiger partial charge < -0.3 is 10.0 Å². The lowest BCUT2D eigenvalue weighted by Crippen LogP contribution is -2.36. The lowest BCUT2D eigenvalue weighted by atomic mass is 10.1. The number of benzene rings is 1. The van der Waals surface area contributed by atoms with E-state index in [0.29, 0.717) is 17.1 Å². The van der Waals surface area contributed by atoms with Gasteiger partial charge in [0.05, 0.1) is 5.92 Å². The smallest absolute Gasteiger partial charge is 0.323 e. The fourth-order valence-corrected chi connectivity index (χ4v) is 2.99. The van der Waals surface area contributed by atoms with E-state index < -0.39 is 17.9 Å². The lowest BCUT2D eigenvalue weighted by Gasteiger charge is -2.19. The number of carboxylic acid groups (broad SMARTS) is 1. The van der Waals surface area contributed by atoms with Crippen molar-refractivity contribution in [3.63, 3.8) is 0 Å². The van der Waals surface area contributed by atoms with E-state index >= 15 is 0 Å². The van der Waals surface area contributed by atoms with Gasteiger partial charge in [0.1, 0.15) is 5.82 Å². The number of rotatable bonds is 6. The highest BCUT2D eigenvalue weighted by Gasteiger charge is 2.18. The summed E-state index contributed by atoms with van der Waals surface area (Å²) >= 11 is 1.30. The van der Waals surface area contributed by atoms with Crippen molar-refractivity contribution in [1.82, 2.24) is 9.88 Å². The maximum atomic E-state index is 13.6. The second-order valence-corrected chi connectivity index (χ2v) is 7.06. The molecule has 0 aliphatic carbocycles. The Balaban J connectivity index is 1.95. The van der Waals surface area contributed by atoms with Gasteiger partial charge in [-0.2, -0.15) is 0 Å². The van der Waals surface area contributed by atoms with E-state index in [1.807, 2.05) is 6.07 Å². The summed E-state index contributed by atoms with van der Waals surface area (Å²) in [6.45, 7) is 3.34. The minimum atomic E-state index is -0.957. The highest BCUT2D eigenvalue weighted by Crippen LogP contribution is 2.22. The van der Waals surface area contributed by atoms with E-state index in [2.05, 4.69) is 10.3 Å². The second-order valence-electron chi connectivity index (χ2n) is 5.94. The van der Waals surface area contributed by atoms with Gasteiger partial charge in [0, 0.05) is 31.1 Å². The van der Waals surface area contributed by atoms with Crippen molar-refractivity contribution in [2.75, 3.05) is 18.9 Å². The van der Waals surface area contributed by atoms with Crippen molar-refractivity contribution in [3.05, 3.63) is 46.2 Å². The third-order valence-corrected chi connectivity index (χ3v) is 4.61. The van der Waals surface area contributed by atoms with Crippen LogP contribution in [0.1, 0.15) is 22.9 Å². The molecule has 2 rings (SSSR count). The van der Waals surface area contributed by atoms with E-state index in [0.717, 1.165) is 10.4 Å². The van der Waals surface area contributed by atoms with Crippen LogP contribution in [0.3, 0.4) is 0 Å². The summed E-state index contributed by atoms with van der Waals surface area (Å²) < 4.78 is 13.6. The number of nitrogens with one attached hydrogen (secondary N) is 1. The predicted octanol–water partition coefficient (Wildman–Crippen LogP) is 3.37. The molecule has 25 heavy (non-hydrogen) atoms. The first kappa shape index (κ1) is 18.9. The van der Waals surface area contributed by atoms with Crippen LogP contribution in [-0.4, -0.2) is 40.6 Å². The molecule has 1 heterocycles. The molecule has 0 saturated heterocycles. The Labute approximate surface area is 149 Å². The molecule has 0 aliphatic heterocycles. The third kappa shape index (κ3) is 5.25. The number of carboxylic acids is 1. The largest absolute Gasteiger partial charge is 0.481 e. The van der Waals surface area contributed by atoms with Crippen LogP contribution in [0.25, 0.3) is 0 Å². The fraction of sp³-hybridized carbons (Fsp3) is 0.353. The van der Waals surface area contributed by atoms with Crippen molar-refractivity contribution < 1.29 is 19.1 Å². The Morgan fingerprint density at radius 3 is 2.80 bits per heavy atom. The minimum absolute atomic E-state index is 0.0992. The fourth-order valence-electron chi connectivity index (χ4n) is 2.15. The molecule has 1 aromatic carbocycles. The van der Waals surface area contributed by atoms with Crippen LogP contribution >= 0.6 is 11.3 Å². The molecule has 2 aromatic rings. The summed E-state index contributed by atoms with van der Waals surface area (Å²) in [5, 5.41) is 11.9. The average Bonchev–Trinajstić information content (AvgIpc) is 2.97. The SMILES string of the molecule is Cc1ccc(Cc2cnc(NC(=O)N(C)CC(C)C(=O)O)s2)cc1F. The van der Waals surface area contributed by atoms with Crippen LogP contribution < -0.4 is 5.32 Å². The number of carbonyl (C=O) groups excluding carboxylic acids is 1. The van der Waals surface area contributed by atoms with Crippen LogP contribution in [-0.2, 0) is 11.2 Å². The van der Waals surface area contributed by atoms with Crippen molar-refractivity contribution in [2.45, 2.75) is 20.3 Å². The molecule has 1 aromatic heterocycles. The summed E-state index contributed by atoms with van der Waals surface area (Å²) in [5.74, 6) is -1.86. The van der Waals surface area contributed by atoms with Crippen molar-refractivity contribution >= 4 is 28.5 Å². The Kier molecular flexibility index (Phi) is 6.08. The number of halogens is 1. The Morgan fingerprint density at radius 2 is 2.16 bits per heavy atom. The number of thiazole rings is 1. The molecule has 1 atom stereocenters. The summed E-state index contributed by atoms with van der Waals surface area (Å²) in [4.78, 5) is 29.2. The molecule has 0 radical (unpaired) electrons. The molecule has 2 N–H and O–H groups in total. The monoisotopic (exact) mass is 365 g/mol. The van der Waals surface area contributed by atoms with E-state index in [9.17, 15) is 14.0 Å². The summed E-state index contributed by atoms with van der Waals surface area (Å²) in [6.07, 6.45) is 2.16. The number of hydrogen-bond donors (Lipinski definition) is 2. The maximum Gasteiger partial charge on any atom is 0.323 e. The van der Waals surface area contributed by atoms with E-state index in [4.69, 9.17) is 5.11 Å². The van der Waals surface area contributed by atoms with Crippen molar-refractivity contribution in [1.29, 1.82) is 0 Å². The normalized spacial score (nSPS) is 11.8. The zero-order valence-electron chi connectivity index (χ0n) is 14.2. The molecule has 8 heteroatoms. The number of nitrogens with zero attached hydrogens (tertiary/aromatic N) is 2. The zero-order chi connectivity index (χ0) is 18.6. The molecule has 134 valence electrons. The first-order chi connectivity index (χ1) is 11.8. The van der Waals surface area contributed by atoms with Gasteiger partial charge in [-0.3, -0.25) is 10.1 Å². The average molecular weight is 365 g/mol. The molecule has 0 aliphatic rings. The van der Waals surface area contributed by atoms with Gasteiger partial charge in [-0.15, -0.1) is 11.3 Å². The van der Waals surface area contributed by atoms with Gasteiger partial charge in [0.25, 0.3) is 0 Å². The topological polar surface area (TPSA) is 82.5 Å². The number of aromatic nitrogens is 1. The molecule has 0 spiro atoms. The molecular weight excluding hydrogens is 345 g/mol. The van der Waals surface area contributed by atoms with Gasteiger partial charge in [-0.05, 0) is 24.1 Å². The number of anilines is 1. The van der Waals surface area contributed by atoms with Gasteiger partial charge in [-0.25, -0.2) is 14.2 Å². The quantitative estimate of drug-likeness (QED) is 0.822. The number of urea groups is 1. The summed E-state index contributed by atoms with van der Waals surface area (Å²) in [7, 11) is 1.53. The molecule has 0 bridgehead atoms. The van der Waals surface area contributed by atoms with E-state index in [1.54, 1.807) is 19.2 Å². The standard InChI is InChI=1S/C17H20FN3O3S/c1-10-4-5-12(7-14(10)18)6-13-8-19-16(25-13)20-17(24)21(3)9-11(2)15(22)23/h4-5,7-8,11H,6,9H2,1-3H3,(H,22,23)(H,19,20,24). The van der Waals surface area contributed by atoms with Gasteiger partial charge in [0.15, 0.2) is 5.13 Å². The number of amides is 2.